The number of fused-ring (bicyclic) bond motifs is 1. The van der Waals surface area contributed by atoms with Gasteiger partial charge in [0.25, 0.3) is 6.47 Å². The van der Waals surface area contributed by atoms with Gasteiger partial charge in [-0.3, -0.25) is 10.2 Å². The smallest absolute Gasteiger partial charge is 0.318 e. The first-order chi connectivity index (χ1) is 19.9. The molecule has 2 aromatic carbocycles. The largest absolute Gasteiger partial charge is 0.468 e. The Morgan fingerprint density at radius 3 is 2.63 bits per heavy atom. The van der Waals surface area contributed by atoms with Gasteiger partial charge in [0, 0.05) is 24.2 Å². The maximum Gasteiger partial charge on any atom is 0.318 e. The highest BCUT2D eigenvalue weighted by molar-refractivity contribution is 7.45. The molecule has 0 aliphatic carbocycles. The van der Waals surface area contributed by atoms with Gasteiger partial charge in [0.05, 0.1) is 25.0 Å². The fourth-order valence-electron chi connectivity index (χ4n) is 4.17. The molecule has 4 unspecified atom stereocenters. The van der Waals surface area contributed by atoms with E-state index in [9.17, 15) is 4.79 Å². The topological polar surface area (TPSA) is 164 Å². The summed E-state index contributed by atoms with van der Waals surface area (Å²) >= 11 is 0. The summed E-state index contributed by atoms with van der Waals surface area (Å²) in [6, 6.07) is 18.3. The molecular formula is C29H42N5O6P. The van der Waals surface area contributed by atoms with Crippen molar-refractivity contribution in [2.24, 2.45) is 16.6 Å². The summed E-state index contributed by atoms with van der Waals surface area (Å²) < 4.78 is 23.0. The van der Waals surface area contributed by atoms with Crippen LogP contribution in [0.1, 0.15) is 51.6 Å². The first-order valence-corrected chi connectivity index (χ1v) is 14.6. The van der Waals surface area contributed by atoms with E-state index in [0.717, 1.165) is 42.1 Å². The highest BCUT2D eigenvalue weighted by Gasteiger charge is 2.35. The minimum Gasteiger partial charge on any atom is -0.468 e. The number of aliphatic hydroxyl groups is 1. The number of ether oxygens (including phenoxy) is 2. The van der Waals surface area contributed by atoms with Crippen molar-refractivity contribution in [2.45, 2.75) is 52.4 Å². The molecule has 6 N–H and O–H groups in total. The number of rotatable bonds is 12. The number of hydrogen-bond acceptors (Lipinski definition) is 8. The normalized spacial score (nSPS) is 19.0. The zero-order valence-corrected chi connectivity index (χ0v) is 25.1. The van der Waals surface area contributed by atoms with Gasteiger partial charge < -0.3 is 34.3 Å². The molecule has 1 aliphatic rings. The van der Waals surface area contributed by atoms with Crippen LogP contribution < -0.4 is 15.3 Å². The lowest BCUT2D eigenvalue weighted by Gasteiger charge is -2.23. The summed E-state index contributed by atoms with van der Waals surface area (Å²) in [5.41, 5.74) is 7.52. The Labute approximate surface area is 242 Å². The molecular weight excluding hydrogens is 545 g/mol. The van der Waals surface area contributed by atoms with Crippen molar-refractivity contribution in [3.05, 3.63) is 66.0 Å². The minimum atomic E-state index is -1.35. The van der Waals surface area contributed by atoms with E-state index in [1.807, 2.05) is 36.4 Å². The number of H-pyrrole nitrogens is 1. The maximum atomic E-state index is 9.18. The summed E-state index contributed by atoms with van der Waals surface area (Å²) in [4.78, 5) is 16.3. The Bertz CT molecular complexity index is 1230. The number of nitrogens with zero attached hydrogens (tertiary/aromatic N) is 1. The molecule has 0 spiro atoms. The van der Waals surface area contributed by atoms with Crippen LogP contribution in [0.5, 0.6) is 5.75 Å². The first kappa shape index (κ1) is 33.9. The van der Waals surface area contributed by atoms with Gasteiger partial charge >= 0.3 is 8.53 Å². The van der Waals surface area contributed by atoms with Gasteiger partial charge in [-0.2, -0.15) is 0 Å². The van der Waals surface area contributed by atoms with Gasteiger partial charge in [-0.1, -0.05) is 43.3 Å². The molecule has 4 atom stereocenters. The van der Waals surface area contributed by atoms with E-state index in [1.54, 1.807) is 6.92 Å². The van der Waals surface area contributed by atoms with Gasteiger partial charge in [-0.05, 0) is 56.7 Å². The molecule has 0 bridgehead atoms. The molecule has 12 heteroatoms. The lowest BCUT2D eigenvalue weighted by Crippen LogP contribution is -2.23. The molecule has 3 aromatic rings. The van der Waals surface area contributed by atoms with E-state index in [1.165, 1.54) is 0 Å². The van der Waals surface area contributed by atoms with Crippen molar-refractivity contribution in [1.29, 1.82) is 5.41 Å². The maximum absolute atomic E-state index is 9.18. The first-order valence-electron chi connectivity index (χ1n) is 13.4. The van der Waals surface area contributed by atoms with Crippen molar-refractivity contribution >= 4 is 37.9 Å². The number of nitrogens with one attached hydrogen (secondary N) is 3. The summed E-state index contributed by atoms with van der Waals surface area (Å²) in [7, 11) is -0.349. The third-order valence-corrected chi connectivity index (χ3v) is 7.37. The number of amidine groups is 1. The van der Waals surface area contributed by atoms with E-state index >= 15 is 0 Å². The number of aliphatic hydroxyl groups excluding tert-OH is 1. The fraction of sp³-hybridized carbons (Fsp3) is 0.414. The summed E-state index contributed by atoms with van der Waals surface area (Å²) in [5.74, 6) is 1.39. The molecule has 1 fully saturated rings. The number of aromatic nitrogens is 1. The average Bonchev–Trinajstić information content (AvgIpc) is 3.60. The predicted molar refractivity (Wildman–Crippen MR) is 163 cm³/mol. The number of aromatic amines is 1. The van der Waals surface area contributed by atoms with Crippen LogP contribution in [0, 0.1) is 11.3 Å². The second-order valence-corrected chi connectivity index (χ2v) is 10.5. The highest BCUT2D eigenvalue weighted by Crippen LogP contribution is 2.42. The van der Waals surface area contributed by atoms with Crippen LogP contribution >= 0.6 is 8.53 Å². The number of hydrogen-bond donors (Lipinski definition) is 5. The second kappa shape index (κ2) is 18.2. The van der Waals surface area contributed by atoms with Gasteiger partial charge in [0.15, 0.2) is 0 Å². The van der Waals surface area contributed by atoms with Crippen LogP contribution in [0.2, 0.25) is 0 Å². The van der Waals surface area contributed by atoms with E-state index in [2.05, 4.69) is 58.8 Å². The molecule has 41 heavy (non-hydrogen) atoms. The standard InChI is InChI=1S/C25H32N5O3P.C3H6O2.CH4O/c1-16(2)30-34(33-23-10-6-8-18-7-4-5-9-20(18)23)31-14-19-13-17(3)24(32-19)21-11-12-22(29-21)25(27)28-15-26;1-2-5-3-4;1-2/h4-12,15-17,19,24,29-30H,13-14H2,1-3H3,(H3,26,27,28);3H,2H2,1H3;2H,1H3. The van der Waals surface area contributed by atoms with Crippen LogP contribution in [-0.4, -0.2) is 61.2 Å². The van der Waals surface area contributed by atoms with Crippen LogP contribution in [0.3, 0.4) is 0 Å². The Balaban J connectivity index is 0.000000759. The van der Waals surface area contributed by atoms with Crippen LogP contribution in [0.15, 0.2) is 59.6 Å². The summed E-state index contributed by atoms with van der Waals surface area (Å²) in [6.07, 6.45) is 1.68. The van der Waals surface area contributed by atoms with Gasteiger partial charge in [-0.25, -0.2) is 10.1 Å². The fourth-order valence-corrected chi connectivity index (χ4v) is 5.41. The Kier molecular flexibility index (Phi) is 15.0. The van der Waals surface area contributed by atoms with Crippen LogP contribution in [0.25, 0.3) is 10.8 Å². The van der Waals surface area contributed by atoms with E-state index in [0.29, 0.717) is 31.3 Å². The number of aliphatic imine (C=N–C) groups is 1. The molecule has 0 amide bonds. The number of benzene rings is 2. The number of carbonyl (C=O) groups is 1. The third kappa shape index (κ3) is 10.5. The molecule has 0 radical (unpaired) electrons. The minimum absolute atomic E-state index is 0.0468. The van der Waals surface area contributed by atoms with Crippen molar-refractivity contribution in [3.8, 4) is 5.75 Å². The van der Waals surface area contributed by atoms with Crippen molar-refractivity contribution in [3.63, 3.8) is 0 Å². The van der Waals surface area contributed by atoms with Crippen molar-refractivity contribution in [2.75, 3.05) is 20.3 Å². The average molecular weight is 588 g/mol. The van der Waals surface area contributed by atoms with E-state index < -0.39 is 8.53 Å². The highest BCUT2D eigenvalue weighted by atomic mass is 31.2. The monoisotopic (exact) mass is 587 g/mol. The molecule has 224 valence electrons. The predicted octanol–water partition coefficient (Wildman–Crippen LogP) is 5.05. The number of nitrogens with two attached hydrogens (primary N) is 1. The lowest BCUT2D eigenvalue weighted by molar-refractivity contribution is -0.128. The van der Waals surface area contributed by atoms with Crippen LogP contribution in [0.4, 0.5) is 0 Å². The second-order valence-electron chi connectivity index (χ2n) is 9.32. The van der Waals surface area contributed by atoms with Crippen LogP contribution in [-0.2, 0) is 18.8 Å². The van der Waals surface area contributed by atoms with Gasteiger partial charge in [0.1, 0.15) is 24.0 Å². The quantitative estimate of drug-likeness (QED) is 0.0850. The SMILES string of the molecule is CC(C)NP(OCC1CC(C)C(c2ccc(C(N)=NC=N)[nH]2)O1)Oc1cccc2ccccc12.CCOC=O.CO. The van der Waals surface area contributed by atoms with Crippen molar-refractivity contribution < 1.29 is 28.4 Å². The molecule has 1 aromatic heterocycles. The Morgan fingerprint density at radius 2 is 1.98 bits per heavy atom. The summed E-state index contributed by atoms with van der Waals surface area (Å²) in [5, 5.41) is 19.7. The Hall–Kier alpha value is -3.34. The van der Waals surface area contributed by atoms with Gasteiger partial charge in [0.2, 0.25) is 0 Å². The third-order valence-electron chi connectivity index (χ3n) is 5.89. The number of carbonyl (C=O) groups excluding carboxylic acids is 1. The zero-order chi connectivity index (χ0) is 30.2. The lowest BCUT2D eigenvalue weighted by atomic mass is 10.00. The zero-order valence-electron chi connectivity index (χ0n) is 24.2. The summed E-state index contributed by atoms with van der Waals surface area (Å²) in [6.45, 7) is 9.42. The molecule has 1 aliphatic heterocycles. The van der Waals surface area contributed by atoms with Gasteiger partial charge in [-0.15, -0.1) is 0 Å². The molecule has 1 saturated heterocycles. The van der Waals surface area contributed by atoms with E-state index in [-0.39, 0.29) is 24.1 Å². The molecule has 2 heterocycles. The van der Waals surface area contributed by atoms with E-state index in [4.69, 9.17) is 30.0 Å². The Morgan fingerprint density at radius 1 is 1.24 bits per heavy atom. The molecule has 4 rings (SSSR count). The molecule has 0 saturated carbocycles. The molecule has 11 nitrogen and oxygen atoms in total. The van der Waals surface area contributed by atoms with Crippen molar-refractivity contribution in [1.82, 2.24) is 10.1 Å².